The maximum Gasteiger partial charge on any atom is 0.330 e. The molecule has 126 valence electrons. The van der Waals surface area contributed by atoms with Gasteiger partial charge >= 0.3 is 5.97 Å². The van der Waals surface area contributed by atoms with Crippen molar-refractivity contribution in [3.8, 4) is 0 Å². The highest BCUT2D eigenvalue weighted by molar-refractivity contribution is 5.82. The van der Waals surface area contributed by atoms with Gasteiger partial charge in [-0.1, -0.05) is 35.8 Å². The minimum absolute atomic E-state index is 0.203. The molecule has 0 saturated heterocycles. The molecule has 0 radical (unpaired) electrons. The van der Waals surface area contributed by atoms with Gasteiger partial charge in [-0.2, -0.15) is 0 Å². The molecule has 0 spiro atoms. The van der Waals surface area contributed by atoms with Crippen molar-refractivity contribution in [2.45, 2.75) is 73.6 Å². The molecule has 0 amide bonds. The van der Waals surface area contributed by atoms with E-state index in [-0.39, 0.29) is 5.97 Å². The predicted octanol–water partition coefficient (Wildman–Crippen LogP) is 5.99. The Bertz CT molecular complexity index is 405. The molecular weight excluding hydrogens is 272 g/mol. The quantitative estimate of drug-likeness (QED) is 0.281. The maximum atomic E-state index is 11.7. The van der Waals surface area contributed by atoms with Crippen LogP contribution in [0.15, 0.2) is 34.9 Å². The van der Waals surface area contributed by atoms with Crippen molar-refractivity contribution in [1.29, 1.82) is 0 Å². The molecule has 0 bridgehead atoms. The minimum Gasteiger partial charge on any atom is -0.463 e. The van der Waals surface area contributed by atoms with E-state index in [1.807, 2.05) is 6.92 Å². The zero-order chi connectivity index (χ0) is 17.0. The second kappa shape index (κ2) is 12.3. The molecule has 22 heavy (non-hydrogen) atoms. The first-order valence-electron chi connectivity index (χ1n) is 8.42. The summed E-state index contributed by atoms with van der Waals surface area (Å²) < 4.78 is 5.29. The zero-order valence-electron chi connectivity index (χ0n) is 15.4. The van der Waals surface area contributed by atoms with Gasteiger partial charge in [0.2, 0.25) is 0 Å². The van der Waals surface area contributed by atoms with E-state index >= 15 is 0 Å². The Morgan fingerprint density at radius 3 is 2.14 bits per heavy atom. The van der Waals surface area contributed by atoms with Crippen LogP contribution in [0.3, 0.4) is 0 Å². The average Bonchev–Trinajstić information content (AvgIpc) is 2.37. The van der Waals surface area contributed by atoms with Gasteiger partial charge in [-0.25, -0.2) is 4.79 Å². The lowest BCUT2D eigenvalue weighted by Crippen LogP contribution is -2.07. The molecule has 1 atom stereocenters. The van der Waals surface area contributed by atoms with Gasteiger partial charge in [-0.15, -0.1) is 0 Å². The number of hydrogen-bond donors (Lipinski definition) is 0. The SMILES string of the molecule is CC(C)=CCC/C(C)=C/C(=O)OCC[C@@H](C)CCC=C(C)C. The highest BCUT2D eigenvalue weighted by Gasteiger charge is 2.04. The summed E-state index contributed by atoms with van der Waals surface area (Å²) >= 11 is 0. The van der Waals surface area contributed by atoms with Crippen LogP contribution in [0.25, 0.3) is 0 Å². The van der Waals surface area contributed by atoms with Gasteiger partial charge in [0.25, 0.3) is 0 Å². The standard InChI is InChI=1S/C20H34O2/c1-16(2)9-7-11-18(5)13-14-22-20(21)15-19(6)12-8-10-17(3)4/h9-10,15,18H,7-8,11-14H2,1-6H3/b19-15+/t18-/m0/s1. The molecule has 0 aromatic heterocycles. The third-order valence-corrected chi connectivity index (χ3v) is 3.52. The smallest absolute Gasteiger partial charge is 0.330 e. The number of hydrogen-bond acceptors (Lipinski definition) is 2. The number of carbonyl (C=O) groups is 1. The summed E-state index contributed by atoms with van der Waals surface area (Å²) in [5.41, 5.74) is 3.77. The van der Waals surface area contributed by atoms with Crippen LogP contribution in [0.2, 0.25) is 0 Å². The van der Waals surface area contributed by atoms with Gasteiger partial charge < -0.3 is 4.74 Å². The van der Waals surface area contributed by atoms with Crippen LogP contribution in [0.1, 0.15) is 73.6 Å². The Balaban J connectivity index is 3.88. The first-order chi connectivity index (χ1) is 10.3. The molecular formula is C20H34O2. The second-order valence-corrected chi connectivity index (χ2v) is 6.73. The molecule has 0 aliphatic rings. The molecule has 0 aromatic carbocycles. The lowest BCUT2D eigenvalue weighted by atomic mass is 10.0. The van der Waals surface area contributed by atoms with Gasteiger partial charge in [-0.3, -0.25) is 0 Å². The van der Waals surface area contributed by atoms with Crippen molar-refractivity contribution in [2.75, 3.05) is 6.61 Å². The summed E-state index contributed by atoms with van der Waals surface area (Å²) in [4.78, 5) is 11.7. The molecule has 0 fully saturated rings. The number of ether oxygens (including phenoxy) is 1. The van der Waals surface area contributed by atoms with Crippen LogP contribution in [0.4, 0.5) is 0 Å². The highest BCUT2D eigenvalue weighted by Crippen LogP contribution is 2.12. The van der Waals surface area contributed by atoms with Crippen LogP contribution in [0.5, 0.6) is 0 Å². The summed E-state index contributed by atoms with van der Waals surface area (Å²) in [5.74, 6) is 0.386. The summed E-state index contributed by atoms with van der Waals surface area (Å²) in [5, 5.41) is 0. The predicted molar refractivity (Wildman–Crippen MR) is 95.8 cm³/mol. The third-order valence-electron chi connectivity index (χ3n) is 3.52. The van der Waals surface area contributed by atoms with E-state index in [9.17, 15) is 4.79 Å². The highest BCUT2D eigenvalue weighted by atomic mass is 16.5. The molecule has 0 heterocycles. The summed E-state index contributed by atoms with van der Waals surface area (Å²) in [6.45, 7) is 13.2. The lowest BCUT2D eigenvalue weighted by molar-refractivity contribution is -0.138. The Labute approximate surface area is 137 Å². The molecule has 0 unspecified atom stereocenters. The topological polar surface area (TPSA) is 26.3 Å². The van der Waals surface area contributed by atoms with E-state index in [1.54, 1.807) is 6.08 Å². The van der Waals surface area contributed by atoms with Crippen molar-refractivity contribution in [2.24, 2.45) is 5.92 Å². The van der Waals surface area contributed by atoms with Crippen molar-refractivity contribution in [3.05, 3.63) is 34.9 Å². The van der Waals surface area contributed by atoms with Gasteiger partial charge in [-0.05, 0) is 72.6 Å². The van der Waals surface area contributed by atoms with Crippen LogP contribution in [-0.4, -0.2) is 12.6 Å². The normalized spacial score (nSPS) is 12.5. The molecule has 0 rings (SSSR count). The average molecular weight is 306 g/mol. The van der Waals surface area contributed by atoms with Gasteiger partial charge in [0.1, 0.15) is 0 Å². The minimum atomic E-state index is -0.203. The molecule has 0 N–H and O–H groups in total. The number of allylic oxidation sites excluding steroid dienone is 5. The Kier molecular flexibility index (Phi) is 11.5. The number of esters is 1. The third kappa shape index (κ3) is 13.7. The molecule has 2 nitrogen and oxygen atoms in total. The molecule has 0 aliphatic heterocycles. The number of rotatable bonds is 10. The van der Waals surface area contributed by atoms with E-state index in [4.69, 9.17) is 4.74 Å². The first kappa shape index (κ1) is 20.7. The summed E-state index contributed by atoms with van der Waals surface area (Å²) in [7, 11) is 0. The van der Waals surface area contributed by atoms with E-state index in [0.717, 1.165) is 37.7 Å². The monoisotopic (exact) mass is 306 g/mol. The van der Waals surface area contributed by atoms with Gasteiger partial charge in [0.15, 0.2) is 0 Å². The summed E-state index contributed by atoms with van der Waals surface area (Å²) in [6, 6.07) is 0. The molecule has 0 aliphatic carbocycles. The van der Waals surface area contributed by atoms with Crippen LogP contribution >= 0.6 is 0 Å². The maximum absolute atomic E-state index is 11.7. The van der Waals surface area contributed by atoms with Gasteiger partial charge in [0, 0.05) is 6.08 Å². The van der Waals surface area contributed by atoms with Crippen molar-refractivity contribution in [1.82, 2.24) is 0 Å². The van der Waals surface area contributed by atoms with E-state index < -0.39 is 0 Å². The van der Waals surface area contributed by atoms with Crippen molar-refractivity contribution in [3.63, 3.8) is 0 Å². The van der Waals surface area contributed by atoms with E-state index in [0.29, 0.717) is 12.5 Å². The fraction of sp³-hybridized carbons (Fsp3) is 0.650. The fourth-order valence-corrected chi connectivity index (χ4v) is 2.07. The molecule has 0 aromatic rings. The second-order valence-electron chi connectivity index (χ2n) is 6.73. The Hall–Kier alpha value is -1.31. The van der Waals surface area contributed by atoms with Crippen molar-refractivity contribution >= 4 is 5.97 Å². The van der Waals surface area contributed by atoms with Crippen LogP contribution in [-0.2, 0) is 9.53 Å². The summed E-state index contributed by atoms with van der Waals surface area (Å²) in [6.07, 6.45) is 11.2. The largest absolute Gasteiger partial charge is 0.463 e. The zero-order valence-corrected chi connectivity index (χ0v) is 15.4. The van der Waals surface area contributed by atoms with Gasteiger partial charge in [0.05, 0.1) is 6.61 Å². The number of carbonyl (C=O) groups excluding carboxylic acids is 1. The molecule has 2 heteroatoms. The Morgan fingerprint density at radius 1 is 0.955 bits per heavy atom. The first-order valence-corrected chi connectivity index (χ1v) is 8.42. The van der Waals surface area contributed by atoms with Crippen LogP contribution in [0, 0.1) is 5.92 Å². The Morgan fingerprint density at radius 2 is 1.55 bits per heavy atom. The lowest BCUT2D eigenvalue weighted by Gasteiger charge is -2.10. The fourth-order valence-electron chi connectivity index (χ4n) is 2.07. The van der Waals surface area contributed by atoms with E-state index in [1.165, 1.54) is 11.1 Å². The van der Waals surface area contributed by atoms with Crippen LogP contribution < -0.4 is 0 Å². The molecule has 0 saturated carbocycles. The van der Waals surface area contributed by atoms with E-state index in [2.05, 4.69) is 46.8 Å². The van der Waals surface area contributed by atoms with Crippen molar-refractivity contribution < 1.29 is 9.53 Å².